The van der Waals surface area contributed by atoms with E-state index in [4.69, 9.17) is 32.6 Å². The van der Waals surface area contributed by atoms with Crippen molar-refractivity contribution in [2.24, 2.45) is 0 Å². The first-order chi connectivity index (χ1) is 25.4. The van der Waals surface area contributed by atoms with Crippen LogP contribution in [0.3, 0.4) is 0 Å². The highest BCUT2D eigenvalue weighted by atomic mass is 32.1. The summed E-state index contributed by atoms with van der Waals surface area (Å²) < 4.78 is 14.3. The van der Waals surface area contributed by atoms with Crippen LogP contribution in [0.5, 0.6) is 11.5 Å². The minimum atomic E-state index is -0.502. The first-order valence-corrected chi connectivity index (χ1v) is 20.5. The van der Waals surface area contributed by atoms with Gasteiger partial charge in [0, 0.05) is 20.9 Å². The summed E-state index contributed by atoms with van der Waals surface area (Å²) in [5.41, 5.74) is 3.15. The molecular weight excluding hydrogens is 725 g/mol. The predicted molar refractivity (Wildman–Crippen MR) is 206 cm³/mol. The smallest absolute Gasteiger partial charge is 0.263 e. The van der Waals surface area contributed by atoms with E-state index in [2.05, 4.69) is 21.8 Å². The summed E-state index contributed by atoms with van der Waals surface area (Å²) in [4.78, 5) is 23.2. The zero-order valence-electron chi connectivity index (χ0n) is 27.8. The number of fused-ring (bicyclic) bond motifs is 8. The molecule has 2 aliphatic heterocycles. The lowest BCUT2D eigenvalue weighted by Crippen LogP contribution is -2.39. The molecule has 5 aromatic rings. The maximum absolute atomic E-state index is 9.29. The summed E-state index contributed by atoms with van der Waals surface area (Å²) in [6, 6.07) is 16.2. The average molecular weight is 753 g/mol. The molecule has 2 saturated carbocycles. The molecule has 4 aromatic heterocycles. The molecule has 52 heavy (non-hydrogen) atoms. The summed E-state index contributed by atoms with van der Waals surface area (Å²) >= 11 is 6.44. The van der Waals surface area contributed by atoms with Crippen molar-refractivity contribution in [3.05, 3.63) is 91.8 Å². The normalized spacial score (nSPS) is 18.0. The van der Waals surface area contributed by atoms with Crippen molar-refractivity contribution in [3.63, 3.8) is 0 Å². The van der Waals surface area contributed by atoms with Crippen LogP contribution in [0, 0.1) is 35.8 Å². The number of hydrogen-bond donors (Lipinski definition) is 0. The van der Waals surface area contributed by atoms with E-state index in [0.29, 0.717) is 0 Å². The highest BCUT2D eigenvalue weighted by Crippen LogP contribution is 2.60. The van der Waals surface area contributed by atoms with E-state index in [0.717, 1.165) is 125 Å². The number of thiophene rings is 2. The lowest BCUT2D eigenvalue weighted by Gasteiger charge is -2.43. The maximum Gasteiger partial charge on any atom is 0.263 e. The summed E-state index contributed by atoms with van der Waals surface area (Å²) in [6.45, 7) is 14.5. The van der Waals surface area contributed by atoms with Gasteiger partial charge in [0.2, 0.25) is 0 Å². The number of allylic oxidation sites excluding steroid dienone is 2. The van der Waals surface area contributed by atoms with Gasteiger partial charge < -0.3 is 9.47 Å². The Hall–Kier alpha value is -5.08. The van der Waals surface area contributed by atoms with Crippen LogP contribution >= 0.6 is 45.3 Å². The Kier molecular flexibility index (Phi) is 8.11. The molecule has 8 nitrogen and oxygen atoms in total. The van der Waals surface area contributed by atoms with Gasteiger partial charge in [0.15, 0.2) is 11.2 Å². The van der Waals surface area contributed by atoms with Gasteiger partial charge in [-0.25, -0.2) is 30.2 Å². The molecule has 2 fully saturated rings. The van der Waals surface area contributed by atoms with E-state index in [1.807, 2.05) is 36.4 Å². The van der Waals surface area contributed by atoms with Gasteiger partial charge in [0.25, 0.3) is 11.4 Å². The minimum absolute atomic E-state index is 0.0649. The number of rotatable bonds is 4. The summed E-state index contributed by atoms with van der Waals surface area (Å²) in [5.74, 6) is 1.70. The minimum Gasteiger partial charge on any atom is -0.480 e. The second kappa shape index (κ2) is 12.8. The van der Waals surface area contributed by atoms with Crippen LogP contribution in [0.4, 0.5) is 0 Å². The van der Waals surface area contributed by atoms with Crippen molar-refractivity contribution in [3.8, 4) is 64.3 Å². The third-order valence-corrected chi connectivity index (χ3v) is 14.9. The number of nitriles is 2. The fourth-order valence-corrected chi connectivity index (χ4v) is 12.3. The number of benzene rings is 1. The van der Waals surface area contributed by atoms with E-state index < -0.39 is 11.2 Å². The molecule has 0 saturated heterocycles. The fraction of sp³-hybridized carbons (Fsp3) is 0.300. The standard InChI is InChI=1S/C40H28N6O2S4/c1-43-23(21-41)17-25-9-11-31(49-25)37-45-35-33(51-37)27-19-30-28(20-29(27)47-39(35)13-5-3-6-14-39)34-36(40(48-30)15-7-4-8-16-40)46-38(52-34)32-12-10-26(50-32)18-24(22-42)44-2/h9-12,17-20H,3-8,13-16H2/b23-17-,24-18+. The zero-order valence-corrected chi connectivity index (χ0v) is 31.1. The molecule has 2 aliphatic carbocycles. The lowest BCUT2D eigenvalue weighted by atomic mass is 9.78. The third-order valence-electron chi connectivity index (χ3n) is 10.3. The van der Waals surface area contributed by atoms with Crippen LogP contribution in [0.25, 0.3) is 62.5 Å². The van der Waals surface area contributed by atoms with Gasteiger partial charge >= 0.3 is 0 Å². The van der Waals surface area contributed by atoms with Crippen molar-refractivity contribution in [1.29, 1.82) is 10.5 Å². The molecule has 1 aromatic carbocycles. The Labute approximate surface area is 317 Å². The van der Waals surface area contributed by atoms with Gasteiger partial charge in [-0.15, -0.1) is 45.3 Å². The average Bonchev–Trinajstić information content (AvgIpc) is 4.00. The predicted octanol–water partition coefficient (Wildman–Crippen LogP) is 12.1. The summed E-state index contributed by atoms with van der Waals surface area (Å²) in [5, 5.41) is 20.4. The van der Waals surface area contributed by atoms with Gasteiger partial charge in [-0.3, -0.25) is 0 Å². The van der Waals surface area contributed by atoms with Crippen LogP contribution in [0.2, 0.25) is 0 Å². The maximum atomic E-state index is 9.29. The topological polar surface area (TPSA) is 101 Å². The molecular formula is C40H28N6O2S4. The quantitative estimate of drug-likeness (QED) is 0.134. The van der Waals surface area contributed by atoms with Gasteiger partial charge in [-0.2, -0.15) is 0 Å². The van der Waals surface area contributed by atoms with Crippen molar-refractivity contribution >= 4 is 57.5 Å². The van der Waals surface area contributed by atoms with Crippen molar-refractivity contribution < 1.29 is 9.47 Å². The number of hydrogen-bond acceptors (Lipinski definition) is 10. The Morgan fingerprint density at radius 3 is 1.46 bits per heavy atom. The molecule has 0 atom stereocenters. The molecule has 0 N–H and O–H groups in total. The van der Waals surface area contributed by atoms with E-state index in [1.165, 1.54) is 35.5 Å². The number of thiazole rings is 2. The Balaban J connectivity index is 1.17. The van der Waals surface area contributed by atoms with Crippen molar-refractivity contribution in [1.82, 2.24) is 9.97 Å². The van der Waals surface area contributed by atoms with Crippen LogP contribution in [0.15, 0.2) is 47.8 Å². The van der Waals surface area contributed by atoms with E-state index in [1.54, 1.807) is 34.8 Å². The first kappa shape index (κ1) is 32.8. The van der Waals surface area contributed by atoms with Gasteiger partial charge in [-0.05, 0) is 99.9 Å². The molecule has 0 unspecified atom stereocenters. The molecule has 2 spiro atoms. The second-order valence-corrected chi connectivity index (χ2v) is 17.7. The van der Waals surface area contributed by atoms with Crippen LogP contribution in [0.1, 0.15) is 85.4 Å². The zero-order chi connectivity index (χ0) is 35.5. The van der Waals surface area contributed by atoms with Crippen LogP contribution < -0.4 is 9.47 Å². The van der Waals surface area contributed by atoms with Crippen molar-refractivity contribution in [2.45, 2.75) is 75.4 Å². The van der Waals surface area contributed by atoms with Crippen LogP contribution in [-0.2, 0) is 11.2 Å². The molecule has 12 heteroatoms. The van der Waals surface area contributed by atoms with E-state index in [-0.39, 0.29) is 11.4 Å². The highest BCUT2D eigenvalue weighted by Gasteiger charge is 2.48. The lowest BCUT2D eigenvalue weighted by molar-refractivity contribution is 0.0164. The molecule has 254 valence electrons. The number of ether oxygens (including phenoxy) is 2. The molecule has 0 radical (unpaired) electrons. The first-order valence-electron chi connectivity index (χ1n) is 17.2. The Morgan fingerprint density at radius 1 is 0.654 bits per heavy atom. The van der Waals surface area contributed by atoms with Crippen molar-refractivity contribution in [2.75, 3.05) is 0 Å². The number of aromatic nitrogens is 2. The second-order valence-electron chi connectivity index (χ2n) is 13.5. The van der Waals surface area contributed by atoms with Gasteiger partial charge in [0.1, 0.15) is 32.9 Å². The number of nitrogens with zero attached hydrogens (tertiary/aromatic N) is 6. The Bertz CT molecular complexity index is 2300. The Morgan fingerprint density at radius 2 is 1.08 bits per heavy atom. The fourth-order valence-electron chi connectivity index (χ4n) is 7.90. The van der Waals surface area contributed by atoms with Crippen LogP contribution in [-0.4, -0.2) is 9.97 Å². The molecule has 9 rings (SSSR count). The third kappa shape index (κ3) is 5.38. The van der Waals surface area contributed by atoms with Gasteiger partial charge in [0.05, 0.1) is 44.8 Å². The molecule has 6 heterocycles. The molecule has 4 aliphatic rings. The summed E-state index contributed by atoms with van der Waals surface area (Å²) in [7, 11) is 0. The van der Waals surface area contributed by atoms with Gasteiger partial charge in [-0.1, -0.05) is 12.8 Å². The van der Waals surface area contributed by atoms with E-state index >= 15 is 0 Å². The summed E-state index contributed by atoms with van der Waals surface area (Å²) in [6.07, 6.45) is 13.5. The molecule has 0 bridgehead atoms. The van der Waals surface area contributed by atoms with E-state index in [9.17, 15) is 10.5 Å². The SMILES string of the molecule is [C-]#[N+]/C(C#N)=C\c1ccc(-c2nc3c(s2)-c2cc4c(cc2OC32CCCCC2)-c2sc(-c3ccc(/C=C(\C#N)[N+]#[C-])s3)nc2C2(CCCCC2)O4)s1. The molecule has 0 amide bonds. The largest absolute Gasteiger partial charge is 0.480 e. The highest BCUT2D eigenvalue weighted by molar-refractivity contribution is 7.24. The monoisotopic (exact) mass is 752 g/mol.